The van der Waals surface area contributed by atoms with Crippen molar-refractivity contribution in [3.05, 3.63) is 52.8 Å². The molecular weight excluding hydrogens is 494 g/mol. The first-order valence-electron chi connectivity index (χ1n) is 12.2. The van der Waals surface area contributed by atoms with E-state index in [9.17, 15) is 22.4 Å². The van der Waals surface area contributed by atoms with Gasteiger partial charge in [0.1, 0.15) is 12.4 Å². The zero-order chi connectivity index (χ0) is 27.0. The molecule has 11 heteroatoms. The molecule has 0 spiro atoms. The molecule has 1 atom stereocenters. The van der Waals surface area contributed by atoms with Gasteiger partial charge in [-0.25, -0.2) is 4.39 Å². The number of benzene rings is 2. The molecule has 0 saturated carbocycles. The fraction of sp³-hybridized carbons (Fsp3) is 0.500. The molecule has 1 heterocycles. The lowest BCUT2D eigenvalue weighted by atomic mass is 9.98. The Morgan fingerprint density at radius 1 is 1.19 bits per heavy atom. The van der Waals surface area contributed by atoms with Crippen LogP contribution in [-0.2, 0) is 12.8 Å². The zero-order valence-corrected chi connectivity index (χ0v) is 20.7. The van der Waals surface area contributed by atoms with Gasteiger partial charge in [-0.05, 0) is 61.9 Å². The lowest BCUT2D eigenvalue weighted by Crippen LogP contribution is -2.32. The Hall–Kier alpha value is -3.05. The predicted octanol–water partition coefficient (Wildman–Crippen LogP) is 3.60. The number of rotatable bonds is 14. The van der Waals surface area contributed by atoms with Crippen LogP contribution in [0.4, 0.5) is 23.2 Å². The smallest absolute Gasteiger partial charge is 0.422 e. The lowest BCUT2D eigenvalue weighted by molar-refractivity contribution is -0.153. The average molecular weight is 528 g/mol. The zero-order valence-electron chi connectivity index (χ0n) is 20.7. The molecule has 2 aromatic rings. The fourth-order valence-corrected chi connectivity index (χ4v) is 4.40. The number of aliphatic hydroxyl groups is 1. The van der Waals surface area contributed by atoms with Gasteiger partial charge in [-0.3, -0.25) is 4.79 Å². The molecule has 0 aromatic heterocycles. The Labute approximate surface area is 213 Å². The van der Waals surface area contributed by atoms with Gasteiger partial charge in [0.25, 0.3) is 5.91 Å². The van der Waals surface area contributed by atoms with Crippen LogP contribution in [0.1, 0.15) is 41.3 Å². The van der Waals surface area contributed by atoms with Gasteiger partial charge in [-0.1, -0.05) is 6.07 Å². The number of amides is 1. The number of hydrogen-bond acceptors (Lipinski definition) is 6. The third-order valence-corrected chi connectivity index (χ3v) is 6.01. The van der Waals surface area contributed by atoms with E-state index >= 15 is 0 Å². The van der Waals surface area contributed by atoms with Crippen LogP contribution in [0.25, 0.3) is 0 Å². The number of nitrogens with two attached hydrogens (primary N) is 1. The highest BCUT2D eigenvalue weighted by atomic mass is 19.4. The number of carbonyl (C=O) groups excluding carboxylic acids is 1. The molecule has 1 aliphatic rings. The van der Waals surface area contributed by atoms with E-state index in [-0.39, 0.29) is 30.8 Å². The highest BCUT2D eigenvalue weighted by Crippen LogP contribution is 2.34. The molecule has 1 unspecified atom stereocenters. The topological polar surface area (TPSA) is 97.1 Å². The number of hydrogen-bond donors (Lipinski definition) is 3. The number of nitrogens with zero attached hydrogens (tertiary/aromatic N) is 1. The van der Waals surface area contributed by atoms with Crippen molar-refractivity contribution in [3.8, 4) is 11.5 Å². The van der Waals surface area contributed by atoms with Gasteiger partial charge in [0, 0.05) is 38.3 Å². The number of alkyl halides is 3. The van der Waals surface area contributed by atoms with Gasteiger partial charge in [0.2, 0.25) is 0 Å². The molecule has 204 valence electrons. The summed E-state index contributed by atoms with van der Waals surface area (Å²) >= 11 is 0. The number of unbranched alkanes of at least 4 members (excludes halogenated alkanes) is 1. The largest absolute Gasteiger partial charge is 0.488 e. The molecule has 4 N–H and O–H groups in total. The molecule has 1 amide bonds. The Morgan fingerprint density at radius 3 is 2.68 bits per heavy atom. The number of fused-ring (bicyclic) bond motifs is 1. The van der Waals surface area contributed by atoms with Crippen LogP contribution in [0.2, 0.25) is 0 Å². The minimum Gasteiger partial charge on any atom is -0.488 e. The molecule has 0 saturated heterocycles. The first-order valence-corrected chi connectivity index (χ1v) is 12.2. The Kier molecular flexibility index (Phi) is 9.99. The summed E-state index contributed by atoms with van der Waals surface area (Å²) in [5, 5.41) is 12.3. The van der Waals surface area contributed by atoms with E-state index in [2.05, 4.69) is 16.3 Å². The van der Waals surface area contributed by atoms with Gasteiger partial charge in [-0.15, -0.1) is 0 Å². The number of nitrogens with one attached hydrogen (secondary N) is 1. The Morgan fingerprint density at radius 2 is 1.97 bits per heavy atom. The van der Waals surface area contributed by atoms with Crippen LogP contribution in [-0.4, -0.2) is 62.7 Å². The maximum Gasteiger partial charge on any atom is 0.422 e. The van der Waals surface area contributed by atoms with Crippen molar-refractivity contribution in [2.75, 3.05) is 44.4 Å². The maximum atomic E-state index is 13.6. The summed E-state index contributed by atoms with van der Waals surface area (Å²) in [5.74, 6) is -1.43. The molecular formula is C26H33F4N3O4. The minimum atomic E-state index is -4.52. The molecule has 0 fully saturated rings. The van der Waals surface area contributed by atoms with Gasteiger partial charge in [-0.2, -0.15) is 13.2 Å². The third kappa shape index (κ3) is 8.50. The monoisotopic (exact) mass is 527 g/mol. The molecule has 0 aliphatic carbocycles. The second-order valence-corrected chi connectivity index (χ2v) is 9.09. The highest BCUT2D eigenvalue weighted by molar-refractivity contribution is 6.00. The van der Waals surface area contributed by atoms with Gasteiger partial charge < -0.3 is 30.5 Å². The highest BCUT2D eigenvalue weighted by Gasteiger charge is 2.29. The molecule has 1 aliphatic heterocycles. The van der Waals surface area contributed by atoms with Crippen molar-refractivity contribution in [3.63, 3.8) is 0 Å². The SMILES string of the molecule is CC(Cc1cc2c(c(C(N)=O)c1)N(CCCCO)CC2)NCCOc1cc(F)ccc1OCC(F)(F)F. The second kappa shape index (κ2) is 13.0. The first kappa shape index (κ1) is 28.5. The number of anilines is 1. The van der Waals surface area contributed by atoms with E-state index in [4.69, 9.17) is 20.3 Å². The number of carbonyl (C=O) groups is 1. The van der Waals surface area contributed by atoms with Crippen LogP contribution in [0.15, 0.2) is 30.3 Å². The van der Waals surface area contributed by atoms with Gasteiger partial charge >= 0.3 is 6.18 Å². The Balaban J connectivity index is 1.55. The average Bonchev–Trinajstić information content (AvgIpc) is 3.23. The van der Waals surface area contributed by atoms with Crippen LogP contribution in [0.5, 0.6) is 11.5 Å². The third-order valence-electron chi connectivity index (χ3n) is 6.01. The molecule has 2 aromatic carbocycles. The van der Waals surface area contributed by atoms with Crippen molar-refractivity contribution >= 4 is 11.6 Å². The van der Waals surface area contributed by atoms with Crippen molar-refractivity contribution in [1.82, 2.24) is 5.32 Å². The minimum absolute atomic E-state index is 0.0158. The summed E-state index contributed by atoms with van der Waals surface area (Å²) in [6.45, 7) is 2.56. The normalized spacial score (nSPS) is 13.9. The summed E-state index contributed by atoms with van der Waals surface area (Å²) in [6, 6.07) is 6.97. The molecule has 37 heavy (non-hydrogen) atoms. The van der Waals surface area contributed by atoms with E-state index < -0.39 is 24.5 Å². The quantitative estimate of drug-likeness (QED) is 0.257. The van der Waals surface area contributed by atoms with Gasteiger partial charge in [0.15, 0.2) is 18.1 Å². The first-order chi connectivity index (χ1) is 17.6. The maximum absolute atomic E-state index is 13.6. The molecule has 3 rings (SSSR count). The summed E-state index contributed by atoms with van der Waals surface area (Å²) in [4.78, 5) is 14.3. The summed E-state index contributed by atoms with van der Waals surface area (Å²) in [5.41, 5.74) is 9.08. The molecule has 0 radical (unpaired) electrons. The van der Waals surface area contributed by atoms with E-state index in [1.165, 1.54) is 0 Å². The number of primary amides is 1. The van der Waals surface area contributed by atoms with E-state index in [0.29, 0.717) is 24.9 Å². The number of halogens is 4. The summed E-state index contributed by atoms with van der Waals surface area (Å²) in [7, 11) is 0. The van der Waals surface area contributed by atoms with Crippen LogP contribution in [0.3, 0.4) is 0 Å². The van der Waals surface area contributed by atoms with Crippen LogP contribution < -0.4 is 25.4 Å². The van der Waals surface area contributed by atoms with E-state index in [0.717, 1.165) is 60.9 Å². The lowest BCUT2D eigenvalue weighted by Gasteiger charge is -2.22. The van der Waals surface area contributed by atoms with Crippen molar-refractivity contribution in [1.29, 1.82) is 0 Å². The fourth-order valence-electron chi connectivity index (χ4n) is 4.40. The number of aliphatic hydroxyl groups excluding tert-OH is 1. The summed E-state index contributed by atoms with van der Waals surface area (Å²) < 4.78 is 61.2. The summed E-state index contributed by atoms with van der Waals surface area (Å²) in [6.07, 6.45) is -1.58. The van der Waals surface area contributed by atoms with Crippen LogP contribution in [0, 0.1) is 5.82 Å². The van der Waals surface area contributed by atoms with Crippen molar-refractivity contribution < 1.29 is 36.9 Å². The molecule has 0 bridgehead atoms. The standard InChI is InChI=1S/C26H33F4N3O4/c1-17(32-7-11-36-23-15-20(27)4-5-22(23)37-16-26(28,29)30)12-18-13-19-6-9-33(8-2-3-10-34)24(19)21(14-18)25(31)35/h4-5,13-15,17,32,34H,2-3,6-12,16H2,1H3,(H2,31,35). The van der Waals surface area contributed by atoms with Crippen LogP contribution >= 0.6 is 0 Å². The van der Waals surface area contributed by atoms with E-state index in [1.54, 1.807) is 0 Å². The van der Waals surface area contributed by atoms with E-state index in [1.807, 2.05) is 13.0 Å². The Bertz CT molecular complexity index is 1060. The molecule has 7 nitrogen and oxygen atoms in total. The van der Waals surface area contributed by atoms with Crippen molar-refractivity contribution in [2.24, 2.45) is 5.73 Å². The second-order valence-electron chi connectivity index (χ2n) is 9.09. The van der Waals surface area contributed by atoms with Gasteiger partial charge in [0.05, 0.1) is 11.3 Å². The number of ether oxygens (including phenoxy) is 2. The van der Waals surface area contributed by atoms with Crippen molar-refractivity contribution in [2.45, 2.75) is 44.8 Å². The predicted molar refractivity (Wildman–Crippen MR) is 132 cm³/mol.